The van der Waals surface area contributed by atoms with Gasteiger partial charge in [-0.05, 0) is 62.8 Å². The minimum Gasteiger partial charge on any atom is -0.378 e. The maximum Gasteiger partial charge on any atom is 0.254 e. The Morgan fingerprint density at radius 3 is 2.92 bits per heavy atom. The molecule has 134 valence electrons. The molecule has 1 saturated heterocycles. The molecule has 1 amide bonds. The van der Waals surface area contributed by atoms with Gasteiger partial charge in [0.1, 0.15) is 0 Å². The van der Waals surface area contributed by atoms with Crippen molar-refractivity contribution in [3.05, 3.63) is 41.1 Å². The first-order chi connectivity index (χ1) is 12.1. The summed E-state index contributed by atoms with van der Waals surface area (Å²) in [4.78, 5) is 19.4. The van der Waals surface area contributed by atoms with Gasteiger partial charge < -0.3 is 9.64 Å². The molecule has 25 heavy (non-hydrogen) atoms. The Hall–Kier alpha value is -1.94. The van der Waals surface area contributed by atoms with Crippen molar-refractivity contribution in [1.29, 1.82) is 0 Å². The summed E-state index contributed by atoms with van der Waals surface area (Å²) in [6.07, 6.45) is 5.68. The molecule has 2 heterocycles. The maximum atomic E-state index is 13.0. The highest BCUT2D eigenvalue weighted by atomic mass is 16.5. The first-order valence-corrected chi connectivity index (χ1v) is 9.36. The number of aromatic nitrogens is 1. The Morgan fingerprint density at radius 2 is 2.20 bits per heavy atom. The Labute approximate surface area is 150 Å². The van der Waals surface area contributed by atoms with Crippen LogP contribution in [0.5, 0.6) is 0 Å². The SMILES string of the molecule is CCc1ccc2nc(C)cc(C(=O)N(C)CCCC3CCCO3)c2c1. The molecule has 4 nitrogen and oxygen atoms in total. The van der Waals surface area contributed by atoms with Gasteiger partial charge in [-0.1, -0.05) is 13.0 Å². The molecule has 1 aliphatic rings. The molecule has 1 atom stereocenters. The van der Waals surface area contributed by atoms with E-state index in [0.29, 0.717) is 6.10 Å². The minimum atomic E-state index is 0.0797. The van der Waals surface area contributed by atoms with Crippen molar-refractivity contribution in [2.24, 2.45) is 0 Å². The molecule has 0 radical (unpaired) electrons. The molecule has 1 unspecified atom stereocenters. The van der Waals surface area contributed by atoms with Crippen LogP contribution in [0.2, 0.25) is 0 Å². The van der Waals surface area contributed by atoms with Crippen LogP contribution in [0.15, 0.2) is 24.3 Å². The van der Waals surface area contributed by atoms with E-state index in [0.717, 1.165) is 61.0 Å². The van der Waals surface area contributed by atoms with Crippen molar-refractivity contribution in [3.8, 4) is 0 Å². The zero-order valence-corrected chi connectivity index (χ0v) is 15.5. The second-order valence-electron chi connectivity index (χ2n) is 7.02. The number of rotatable bonds is 6. The zero-order chi connectivity index (χ0) is 17.8. The number of carbonyl (C=O) groups excluding carboxylic acids is 1. The Balaban J connectivity index is 1.75. The van der Waals surface area contributed by atoms with Gasteiger partial charge in [-0.25, -0.2) is 0 Å². The third kappa shape index (κ3) is 4.18. The lowest BCUT2D eigenvalue weighted by atomic mass is 10.0. The molecule has 2 aromatic rings. The third-order valence-electron chi connectivity index (χ3n) is 5.03. The fourth-order valence-corrected chi connectivity index (χ4v) is 3.54. The molecule has 1 aliphatic heterocycles. The van der Waals surface area contributed by atoms with Gasteiger partial charge in [0, 0.05) is 31.3 Å². The number of nitrogens with zero attached hydrogens (tertiary/aromatic N) is 2. The maximum absolute atomic E-state index is 13.0. The van der Waals surface area contributed by atoms with E-state index in [4.69, 9.17) is 4.74 Å². The van der Waals surface area contributed by atoms with Gasteiger partial charge in [-0.3, -0.25) is 9.78 Å². The zero-order valence-electron chi connectivity index (χ0n) is 15.5. The van der Waals surface area contributed by atoms with Crippen LogP contribution in [0, 0.1) is 6.92 Å². The topological polar surface area (TPSA) is 42.4 Å². The third-order valence-corrected chi connectivity index (χ3v) is 5.03. The molecular formula is C21H28N2O2. The number of benzene rings is 1. The summed E-state index contributed by atoms with van der Waals surface area (Å²) < 4.78 is 5.67. The first-order valence-electron chi connectivity index (χ1n) is 9.36. The van der Waals surface area contributed by atoms with Crippen molar-refractivity contribution >= 4 is 16.8 Å². The van der Waals surface area contributed by atoms with Crippen LogP contribution >= 0.6 is 0 Å². The van der Waals surface area contributed by atoms with E-state index in [9.17, 15) is 4.79 Å². The lowest BCUT2D eigenvalue weighted by molar-refractivity contribution is 0.0764. The van der Waals surface area contributed by atoms with Gasteiger partial charge in [0.25, 0.3) is 5.91 Å². The van der Waals surface area contributed by atoms with Crippen molar-refractivity contribution < 1.29 is 9.53 Å². The van der Waals surface area contributed by atoms with Crippen molar-refractivity contribution in [3.63, 3.8) is 0 Å². The van der Waals surface area contributed by atoms with Gasteiger partial charge in [-0.15, -0.1) is 0 Å². The lowest BCUT2D eigenvalue weighted by Gasteiger charge is -2.19. The van der Waals surface area contributed by atoms with E-state index in [2.05, 4.69) is 24.0 Å². The largest absolute Gasteiger partial charge is 0.378 e. The quantitative estimate of drug-likeness (QED) is 0.794. The summed E-state index contributed by atoms with van der Waals surface area (Å²) in [5.41, 5.74) is 3.77. The predicted molar refractivity (Wildman–Crippen MR) is 101 cm³/mol. The second kappa shape index (κ2) is 7.96. The van der Waals surface area contributed by atoms with E-state index in [1.807, 2.05) is 31.0 Å². The van der Waals surface area contributed by atoms with Crippen molar-refractivity contribution in [2.45, 2.75) is 52.1 Å². The predicted octanol–water partition coefficient (Wildman–Crippen LogP) is 4.14. The summed E-state index contributed by atoms with van der Waals surface area (Å²) >= 11 is 0. The molecule has 0 aliphatic carbocycles. The first kappa shape index (κ1) is 17.9. The highest BCUT2D eigenvalue weighted by molar-refractivity contribution is 6.06. The number of ether oxygens (including phenoxy) is 1. The number of carbonyl (C=O) groups is 1. The Morgan fingerprint density at radius 1 is 1.36 bits per heavy atom. The molecule has 0 N–H and O–H groups in total. The van der Waals surface area contributed by atoms with Crippen LogP contribution in [0.25, 0.3) is 10.9 Å². The van der Waals surface area contributed by atoms with Crippen LogP contribution in [0.1, 0.15) is 54.2 Å². The van der Waals surface area contributed by atoms with Gasteiger partial charge in [-0.2, -0.15) is 0 Å². The molecule has 1 aromatic carbocycles. The van der Waals surface area contributed by atoms with Crippen LogP contribution < -0.4 is 0 Å². The molecule has 4 heteroatoms. The normalized spacial score (nSPS) is 17.2. The number of amides is 1. The summed E-state index contributed by atoms with van der Waals surface area (Å²) in [7, 11) is 1.89. The summed E-state index contributed by atoms with van der Waals surface area (Å²) in [5, 5.41) is 0.959. The number of pyridine rings is 1. The molecule has 1 aromatic heterocycles. The van der Waals surface area contributed by atoms with Gasteiger partial charge in [0.05, 0.1) is 17.2 Å². The summed E-state index contributed by atoms with van der Waals surface area (Å²) in [6.45, 7) is 5.72. The van der Waals surface area contributed by atoms with Crippen LogP contribution in [-0.2, 0) is 11.2 Å². The molecule has 3 rings (SSSR count). The van der Waals surface area contributed by atoms with Crippen LogP contribution in [0.3, 0.4) is 0 Å². The monoisotopic (exact) mass is 340 g/mol. The summed E-state index contributed by atoms with van der Waals surface area (Å²) in [6, 6.07) is 8.14. The van der Waals surface area contributed by atoms with Crippen LogP contribution in [-0.4, -0.2) is 42.1 Å². The van der Waals surface area contributed by atoms with E-state index in [1.54, 1.807) is 0 Å². The minimum absolute atomic E-state index is 0.0797. The Bertz CT molecular complexity index is 751. The number of hydrogen-bond donors (Lipinski definition) is 0. The van der Waals surface area contributed by atoms with Gasteiger partial charge in [0.2, 0.25) is 0 Å². The molecular weight excluding hydrogens is 312 g/mol. The van der Waals surface area contributed by atoms with E-state index in [-0.39, 0.29) is 5.91 Å². The van der Waals surface area contributed by atoms with Crippen molar-refractivity contribution in [2.75, 3.05) is 20.2 Å². The van der Waals surface area contributed by atoms with E-state index < -0.39 is 0 Å². The van der Waals surface area contributed by atoms with Gasteiger partial charge in [0.15, 0.2) is 0 Å². The molecule has 0 spiro atoms. The average Bonchev–Trinajstić information content (AvgIpc) is 3.13. The molecule has 0 saturated carbocycles. The van der Waals surface area contributed by atoms with Crippen molar-refractivity contribution in [1.82, 2.24) is 9.88 Å². The van der Waals surface area contributed by atoms with E-state index >= 15 is 0 Å². The highest BCUT2D eigenvalue weighted by Gasteiger charge is 2.18. The second-order valence-corrected chi connectivity index (χ2v) is 7.02. The number of aryl methyl sites for hydroxylation is 2. The average molecular weight is 340 g/mol. The molecule has 1 fully saturated rings. The molecule has 0 bridgehead atoms. The standard InChI is InChI=1S/C21H28N2O2/c1-4-16-9-10-20-18(14-16)19(13-15(2)22-20)21(24)23(3)11-5-7-17-8-6-12-25-17/h9-10,13-14,17H,4-8,11-12H2,1-3H3. The van der Waals surface area contributed by atoms with Crippen LogP contribution in [0.4, 0.5) is 0 Å². The fraction of sp³-hybridized carbons (Fsp3) is 0.524. The van der Waals surface area contributed by atoms with E-state index in [1.165, 1.54) is 12.0 Å². The summed E-state index contributed by atoms with van der Waals surface area (Å²) in [5.74, 6) is 0.0797. The lowest BCUT2D eigenvalue weighted by Crippen LogP contribution is -2.28. The Kier molecular flexibility index (Phi) is 5.69. The fourth-order valence-electron chi connectivity index (χ4n) is 3.54. The number of fused-ring (bicyclic) bond motifs is 1. The smallest absolute Gasteiger partial charge is 0.254 e. The van der Waals surface area contributed by atoms with Gasteiger partial charge >= 0.3 is 0 Å². The highest BCUT2D eigenvalue weighted by Crippen LogP contribution is 2.22. The number of hydrogen-bond acceptors (Lipinski definition) is 3.